The highest BCUT2D eigenvalue weighted by Gasteiger charge is 1.36. The lowest BCUT2D eigenvalue weighted by molar-refractivity contribution is 1.09. The maximum Gasteiger partial charge on any atom is -0.0590 e. The van der Waals surface area contributed by atoms with Gasteiger partial charge in [-0.2, -0.15) is 0 Å². The SMILES string of the molecule is CC.CC.CC.CC.CC.CC.CC.CC.CC.CC.CC.CC.CCC.CCC.CCC. The van der Waals surface area contributed by atoms with Gasteiger partial charge in [-0.25, -0.2) is 0 Å². The molecule has 0 aromatic carbocycles. The quantitative estimate of drug-likeness (QED) is 0.315. The zero-order chi connectivity index (χ0) is 32.1. The van der Waals surface area contributed by atoms with Crippen LogP contribution in [0.1, 0.15) is 227 Å². The first-order valence-corrected chi connectivity index (χ1v) is 16.2. The van der Waals surface area contributed by atoms with Crippen molar-refractivity contribution >= 4 is 0 Å². The van der Waals surface area contributed by atoms with E-state index in [0.717, 1.165) is 0 Å². The van der Waals surface area contributed by atoms with Crippen molar-refractivity contribution in [1.29, 1.82) is 0 Å². The molecule has 0 radical (unpaired) electrons. The largest absolute Gasteiger partial charge is 0.0683 e. The van der Waals surface area contributed by atoms with E-state index in [0.29, 0.717) is 0 Å². The van der Waals surface area contributed by atoms with Gasteiger partial charge in [-0.05, 0) is 0 Å². The lowest BCUT2D eigenvalue weighted by Crippen LogP contribution is -1.27. The van der Waals surface area contributed by atoms with E-state index in [2.05, 4.69) is 41.5 Å². The van der Waals surface area contributed by atoms with Crippen LogP contribution < -0.4 is 0 Å². The highest BCUT2D eigenvalue weighted by atomic mass is 13.4. The summed E-state index contributed by atoms with van der Waals surface area (Å²) in [6, 6.07) is 0. The summed E-state index contributed by atoms with van der Waals surface area (Å²) in [6.45, 7) is 60.8. The fraction of sp³-hybridized carbons (Fsp3) is 1.00. The molecule has 0 aromatic rings. The van der Waals surface area contributed by atoms with E-state index >= 15 is 0 Å². The third kappa shape index (κ3) is 0. The van der Waals surface area contributed by atoms with Crippen LogP contribution in [-0.2, 0) is 0 Å². The molecule has 0 bridgehead atoms. The second-order valence-corrected chi connectivity index (χ2v) is 2.12. The summed E-state index contributed by atoms with van der Waals surface area (Å²) in [4.78, 5) is 0. The van der Waals surface area contributed by atoms with E-state index in [1.165, 1.54) is 19.3 Å². The van der Waals surface area contributed by atoms with Crippen LogP contribution in [0.4, 0.5) is 0 Å². The maximum atomic E-state index is 2.12. The van der Waals surface area contributed by atoms with Crippen molar-refractivity contribution in [3.05, 3.63) is 0 Å². The monoisotopic (exact) mass is 493 g/mol. The first-order valence-electron chi connectivity index (χ1n) is 16.2. The van der Waals surface area contributed by atoms with Gasteiger partial charge in [0, 0.05) is 0 Å². The zero-order valence-electron chi connectivity index (χ0n) is 32.1. The minimum absolute atomic E-state index is 1.25. The molecule has 0 fully saturated rings. The Labute approximate surface area is 226 Å². The van der Waals surface area contributed by atoms with Gasteiger partial charge < -0.3 is 0 Å². The molecule has 0 unspecified atom stereocenters. The first-order chi connectivity index (χ1) is 16.2. The van der Waals surface area contributed by atoms with Gasteiger partial charge in [-0.3, -0.25) is 0 Å². The molecule has 228 valence electrons. The van der Waals surface area contributed by atoms with Crippen LogP contribution in [0, 0.1) is 0 Å². The molecule has 0 aliphatic carbocycles. The van der Waals surface area contributed by atoms with Gasteiger partial charge in [0.2, 0.25) is 0 Å². The molecule has 33 heavy (non-hydrogen) atoms. The molecule has 0 atom stereocenters. The van der Waals surface area contributed by atoms with Crippen LogP contribution >= 0.6 is 0 Å². The minimum atomic E-state index is 1.25. The van der Waals surface area contributed by atoms with Crippen molar-refractivity contribution in [1.82, 2.24) is 0 Å². The summed E-state index contributed by atoms with van der Waals surface area (Å²) in [7, 11) is 0. The first kappa shape index (κ1) is 104. The van der Waals surface area contributed by atoms with Gasteiger partial charge >= 0.3 is 0 Å². The summed E-state index contributed by atoms with van der Waals surface area (Å²) in [5, 5.41) is 0. The molecule has 0 aliphatic heterocycles. The van der Waals surface area contributed by atoms with Crippen molar-refractivity contribution in [3.8, 4) is 0 Å². The third-order valence-electron chi connectivity index (χ3n) is 0. The van der Waals surface area contributed by atoms with Crippen LogP contribution in [0.2, 0.25) is 0 Å². The second-order valence-electron chi connectivity index (χ2n) is 2.12. The molecule has 0 nitrogen and oxygen atoms in total. The van der Waals surface area contributed by atoms with E-state index in [1.807, 2.05) is 166 Å². The summed E-state index contributed by atoms with van der Waals surface area (Å²) in [5.74, 6) is 0. The predicted molar refractivity (Wildman–Crippen MR) is 184 cm³/mol. The molecule has 0 amide bonds. The number of rotatable bonds is 0. The minimum Gasteiger partial charge on any atom is -0.0683 e. The van der Waals surface area contributed by atoms with Crippen LogP contribution in [-0.4, -0.2) is 0 Å². The van der Waals surface area contributed by atoms with Crippen molar-refractivity contribution in [2.24, 2.45) is 0 Å². The summed E-state index contributed by atoms with van der Waals surface area (Å²) < 4.78 is 0. The van der Waals surface area contributed by atoms with Gasteiger partial charge in [0.15, 0.2) is 0 Å². The van der Waals surface area contributed by atoms with Crippen LogP contribution in [0.25, 0.3) is 0 Å². The Kier molecular flexibility index (Phi) is 10800. The lowest BCUT2D eigenvalue weighted by Gasteiger charge is -1.48. The Morgan fingerprint density at radius 3 is 0.152 bits per heavy atom. The van der Waals surface area contributed by atoms with Crippen LogP contribution in [0.5, 0.6) is 0 Å². The summed E-state index contributed by atoms with van der Waals surface area (Å²) in [5.41, 5.74) is 0. The molecular formula is C33H96. The number of hydrogen-bond acceptors (Lipinski definition) is 0. The van der Waals surface area contributed by atoms with E-state index in [1.54, 1.807) is 0 Å². The van der Waals surface area contributed by atoms with Crippen molar-refractivity contribution in [3.63, 3.8) is 0 Å². The average Bonchev–Trinajstić information content (AvgIpc) is 2.98. The Morgan fingerprint density at radius 2 is 0.152 bits per heavy atom. The lowest BCUT2D eigenvalue weighted by atomic mass is 10.6. The standard InChI is InChI=1S/3C3H8.12C2H6/c3*1-3-2;12*1-2/h3*3H2,1-2H3;12*1-2H3. The fourth-order valence-electron chi connectivity index (χ4n) is 0. The highest BCUT2D eigenvalue weighted by molar-refractivity contribution is 3.92. The van der Waals surface area contributed by atoms with Gasteiger partial charge in [0.1, 0.15) is 0 Å². The highest BCUT2D eigenvalue weighted by Crippen LogP contribution is 1.57. The second kappa shape index (κ2) is 3420. The summed E-state index contributed by atoms with van der Waals surface area (Å²) >= 11 is 0. The van der Waals surface area contributed by atoms with Gasteiger partial charge in [0.25, 0.3) is 0 Å². The average molecular weight is 493 g/mol. The van der Waals surface area contributed by atoms with Gasteiger partial charge in [-0.1, -0.05) is 227 Å². The fourth-order valence-corrected chi connectivity index (χ4v) is 0. The Bertz CT molecular complexity index is 4.75. The van der Waals surface area contributed by atoms with E-state index in [9.17, 15) is 0 Å². The molecule has 0 aromatic heterocycles. The molecule has 0 spiro atoms. The molecule has 0 saturated heterocycles. The molecule has 0 heterocycles. The van der Waals surface area contributed by atoms with Gasteiger partial charge in [-0.15, -0.1) is 0 Å². The van der Waals surface area contributed by atoms with E-state index in [-0.39, 0.29) is 0 Å². The topological polar surface area (TPSA) is 0 Å². The predicted octanol–water partition coefficient (Wildman–Crippen LogP) is 16.6. The number of hydrogen-bond donors (Lipinski definition) is 0. The zero-order valence-corrected chi connectivity index (χ0v) is 32.1. The Hall–Kier alpha value is 0. The van der Waals surface area contributed by atoms with Crippen molar-refractivity contribution < 1.29 is 0 Å². The molecule has 0 aliphatic rings. The molecular weight excluding hydrogens is 396 g/mol. The van der Waals surface area contributed by atoms with E-state index < -0.39 is 0 Å². The summed E-state index contributed by atoms with van der Waals surface area (Å²) in [6.07, 6.45) is 3.75. The van der Waals surface area contributed by atoms with Crippen molar-refractivity contribution in [2.75, 3.05) is 0 Å². The van der Waals surface area contributed by atoms with Crippen LogP contribution in [0.3, 0.4) is 0 Å². The molecule has 0 rings (SSSR count). The Balaban J connectivity index is -0.00000000813. The molecule has 0 heteroatoms. The van der Waals surface area contributed by atoms with Crippen LogP contribution in [0.15, 0.2) is 0 Å². The maximum absolute atomic E-state index is 2.12. The van der Waals surface area contributed by atoms with Gasteiger partial charge in [0.05, 0.1) is 0 Å². The van der Waals surface area contributed by atoms with E-state index in [4.69, 9.17) is 0 Å². The normalized spacial score (nSPS) is 3.82. The molecule has 0 saturated carbocycles. The molecule has 0 N–H and O–H groups in total. The van der Waals surface area contributed by atoms with Crippen molar-refractivity contribution in [2.45, 2.75) is 227 Å². The smallest absolute Gasteiger partial charge is 0.0590 e. The Morgan fingerprint density at radius 1 is 0.152 bits per heavy atom. The third-order valence-corrected chi connectivity index (χ3v) is 0.